The first-order valence-electron chi connectivity index (χ1n) is 13.6. The quantitative estimate of drug-likeness (QED) is 0.416. The molecular formula is C31H47N. The highest BCUT2D eigenvalue weighted by atomic mass is 15.1. The molecule has 0 heterocycles. The van der Waals surface area contributed by atoms with Gasteiger partial charge in [-0.1, -0.05) is 63.6 Å². The molecule has 1 nitrogen and oxygen atoms in total. The van der Waals surface area contributed by atoms with Crippen LogP contribution < -0.4 is 4.90 Å². The zero-order valence-electron chi connectivity index (χ0n) is 21.4. The van der Waals surface area contributed by atoms with Crippen molar-refractivity contribution in [3.05, 3.63) is 54.1 Å². The molecule has 0 amide bonds. The maximum atomic E-state index is 4.07. The lowest BCUT2D eigenvalue weighted by Gasteiger charge is -2.57. The zero-order chi connectivity index (χ0) is 22.9. The number of hydrogen-bond acceptors (Lipinski definition) is 1. The van der Waals surface area contributed by atoms with Crippen LogP contribution in [0.4, 0.5) is 5.69 Å². The molecule has 0 bridgehead atoms. The highest BCUT2D eigenvalue weighted by molar-refractivity contribution is 5.48. The van der Waals surface area contributed by atoms with Gasteiger partial charge in [-0.3, -0.25) is 0 Å². The summed E-state index contributed by atoms with van der Waals surface area (Å²) in [4.78, 5) is 2.47. The van der Waals surface area contributed by atoms with Crippen LogP contribution in [0, 0.1) is 35.0 Å². The first kappa shape index (κ1) is 23.7. The van der Waals surface area contributed by atoms with Crippen molar-refractivity contribution < 1.29 is 0 Å². The average Bonchev–Trinajstić information content (AvgIpc) is 3.10. The van der Waals surface area contributed by atoms with Crippen LogP contribution in [0.15, 0.2) is 48.6 Å². The summed E-state index contributed by atoms with van der Waals surface area (Å²) in [6.07, 6.45) is 14.0. The molecule has 3 aliphatic carbocycles. The fraction of sp³-hybridized carbons (Fsp3) is 0.677. The van der Waals surface area contributed by atoms with Gasteiger partial charge in [0.2, 0.25) is 0 Å². The number of allylic oxidation sites excluding steroid dienone is 3. The van der Waals surface area contributed by atoms with Gasteiger partial charge in [-0.2, -0.15) is 0 Å². The van der Waals surface area contributed by atoms with Crippen molar-refractivity contribution in [2.45, 2.75) is 85.5 Å². The molecule has 0 radical (unpaired) electrons. The minimum atomic E-state index is 0.514. The fourth-order valence-electron chi connectivity index (χ4n) is 8.33. The SMILES string of the molecule is C=C/C=C1/CCC2C(C1CCC)C(c1ccc(N(CC)CC)cc1)CC1(C)C(C)CCC21. The van der Waals surface area contributed by atoms with Crippen LogP contribution in [0.2, 0.25) is 0 Å². The molecule has 1 aromatic rings. The molecule has 7 unspecified atom stereocenters. The Morgan fingerprint density at radius 1 is 1.06 bits per heavy atom. The van der Waals surface area contributed by atoms with E-state index in [1.54, 1.807) is 11.1 Å². The number of rotatable bonds is 7. The van der Waals surface area contributed by atoms with E-state index in [0.717, 1.165) is 42.7 Å². The van der Waals surface area contributed by atoms with Gasteiger partial charge in [-0.15, -0.1) is 0 Å². The third-order valence-corrected chi connectivity index (χ3v) is 10.1. The molecule has 3 saturated carbocycles. The monoisotopic (exact) mass is 433 g/mol. The van der Waals surface area contributed by atoms with Crippen LogP contribution in [-0.2, 0) is 0 Å². The molecule has 0 saturated heterocycles. The number of benzene rings is 1. The van der Waals surface area contributed by atoms with Crippen LogP contribution in [0.5, 0.6) is 0 Å². The molecule has 1 aromatic carbocycles. The second kappa shape index (κ2) is 9.78. The lowest BCUT2D eigenvalue weighted by molar-refractivity contribution is -0.0335. The molecule has 0 aliphatic heterocycles. The summed E-state index contributed by atoms with van der Waals surface area (Å²) in [5, 5.41) is 0. The molecular weight excluding hydrogens is 386 g/mol. The highest BCUT2D eigenvalue weighted by Crippen LogP contribution is 2.66. The van der Waals surface area contributed by atoms with Gasteiger partial charge < -0.3 is 4.90 Å². The Bertz CT molecular complexity index is 800. The topological polar surface area (TPSA) is 3.24 Å². The second-order valence-electron chi connectivity index (χ2n) is 11.3. The van der Waals surface area contributed by atoms with Crippen LogP contribution in [0.1, 0.15) is 91.0 Å². The number of anilines is 1. The van der Waals surface area contributed by atoms with E-state index in [0.29, 0.717) is 11.3 Å². The molecule has 7 atom stereocenters. The van der Waals surface area contributed by atoms with Crippen molar-refractivity contribution in [1.82, 2.24) is 0 Å². The van der Waals surface area contributed by atoms with Gasteiger partial charge in [-0.05, 0) is 111 Å². The predicted molar refractivity (Wildman–Crippen MR) is 140 cm³/mol. The van der Waals surface area contributed by atoms with Gasteiger partial charge in [0.15, 0.2) is 0 Å². The summed E-state index contributed by atoms with van der Waals surface area (Å²) < 4.78 is 0. The predicted octanol–water partition coefficient (Wildman–Crippen LogP) is 8.63. The zero-order valence-corrected chi connectivity index (χ0v) is 21.4. The minimum Gasteiger partial charge on any atom is -0.372 e. The van der Waals surface area contributed by atoms with E-state index in [4.69, 9.17) is 0 Å². The van der Waals surface area contributed by atoms with Crippen LogP contribution >= 0.6 is 0 Å². The molecule has 3 aliphatic rings. The minimum absolute atomic E-state index is 0.514. The standard InChI is InChI=1S/C31H47N/c1-7-11-23-16-19-27-29-20-13-22(5)31(29,6)21-28(30(27)26(23)12-8-2)24-14-17-25(18-15-24)32(9-3)10-4/h7,11,14-15,17-18,22,26-30H,1,8-10,12-13,16,19-21H2,2-6H3/b23-11-. The average molecular weight is 434 g/mol. The van der Waals surface area contributed by atoms with Gasteiger partial charge >= 0.3 is 0 Å². The van der Waals surface area contributed by atoms with Crippen LogP contribution in [-0.4, -0.2) is 13.1 Å². The largest absolute Gasteiger partial charge is 0.372 e. The van der Waals surface area contributed by atoms with Crippen LogP contribution in [0.3, 0.4) is 0 Å². The van der Waals surface area contributed by atoms with Crippen molar-refractivity contribution in [3.63, 3.8) is 0 Å². The maximum Gasteiger partial charge on any atom is 0.0366 e. The first-order chi connectivity index (χ1) is 15.5. The van der Waals surface area contributed by atoms with Crippen molar-refractivity contribution >= 4 is 5.69 Å². The highest BCUT2D eigenvalue weighted by Gasteiger charge is 2.57. The number of fused-ring (bicyclic) bond motifs is 3. The second-order valence-corrected chi connectivity index (χ2v) is 11.3. The molecule has 0 spiro atoms. The lowest BCUT2D eigenvalue weighted by Crippen LogP contribution is -2.49. The van der Waals surface area contributed by atoms with E-state index in [1.807, 2.05) is 0 Å². The molecule has 4 rings (SSSR count). The number of nitrogens with zero attached hydrogens (tertiary/aromatic N) is 1. The summed E-state index contributed by atoms with van der Waals surface area (Å²) >= 11 is 0. The first-order valence-corrected chi connectivity index (χ1v) is 13.6. The van der Waals surface area contributed by atoms with Gasteiger partial charge in [0.1, 0.15) is 0 Å². The summed E-state index contributed by atoms with van der Waals surface area (Å²) in [5.41, 5.74) is 5.20. The van der Waals surface area contributed by atoms with Crippen molar-refractivity contribution in [2.24, 2.45) is 35.0 Å². The Hall–Kier alpha value is -1.50. The Kier molecular flexibility index (Phi) is 7.23. The Morgan fingerprint density at radius 2 is 1.78 bits per heavy atom. The summed E-state index contributed by atoms with van der Waals surface area (Å²) in [5.74, 6) is 4.92. The van der Waals surface area contributed by atoms with E-state index in [2.05, 4.69) is 82.5 Å². The molecule has 1 heteroatoms. The fourth-order valence-corrected chi connectivity index (χ4v) is 8.33. The van der Waals surface area contributed by atoms with E-state index in [1.165, 1.54) is 50.6 Å². The summed E-state index contributed by atoms with van der Waals surface area (Å²) in [6.45, 7) is 18.3. The normalized spacial score (nSPS) is 37.7. The molecule has 32 heavy (non-hydrogen) atoms. The van der Waals surface area contributed by atoms with Gasteiger partial charge in [-0.25, -0.2) is 0 Å². The third-order valence-electron chi connectivity index (χ3n) is 10.1. The van der Waals surface area contributed by atoms with E-state index in [-0.39, 0.29) is 0 Å². The van der Waals surface area contributed by atoms with Crippen molar-refractivity contribution in [3.8, 4) is 0 Å². The Labute approximate surface area is 198 Å². The van der Waals surface area contributed by atoms with Gasteiger partial charge in [0.05, 0.1) is 0 Å². The molecule has 3 fully saturated rings. The van der Waals surface area contributed by atoms with E-state index in [9.17, 15) is 0 Å². The molecule has 176 valence electrons. The van der Waals surface area contributed by atoms with Crippen molar-refractivity contribution in [1.29, 1.82) is 0 Å². The Balaban J connectivity index is 1.75. The smallest absolute Gasteiger partial charge is 0.0366 e. The number of hydrogen-bond donors (Lipinski definition) is 0. The molecule has 0 aromatic heterocycles. The summed E-state index contributed by atoms with van der Waals surface area (Å²) in [6, 6.07) is 9.80. The Morgan fingerprint density at radius 3 is 2.41 bits per heavy atom. The summed E-state index contributed by atoms with van der Waals surface area (Å²) in [7, 11) is 0. The maximum absolute atomic E-state index is 4.07. The van der Waals surface area contributed by atoms with Gasteiger partial charge in [0.25, 0.3) is 0 Å². The lowest BCUT2D eigenvalue weighted by atomic mass is 9.48. The van der Waals surface area contributed by atoms with Crippen molar-refractivity contribution in [2.75, 3.05) is 18.0 Å². The van der Waals surface area contributed by atoms with Crippen LogP contribution in [0.25, 0.3) is 0 Å². The van der Waals surface area contributed by atoms with E-state index < -0.39 is 0 Å². The molecule has 0 N–H and O–H groups in total. The van der Waals surface area contributed by atoms with Gasteiger partial charge in [0, 0.05) is 18.8 Å². The third kappa shape index (κ3) is 3.99. The van der Waals surface area contributed by atoms with E-state index >= 15 is 0 Å².